The van der Waals surface area contributed by atoms with Crippen LogP contribution in [0, 0.1) is 0 Å². The van der Waals surface area contributed by atoms with Crippen LogP contribution >= 0.6 is 11.8 Å². The molecular weight excluding hydrogens is 288 g/mol. The number of morpholine rings is 1. The number of aromatic nitrogens is 3. The van der Waals surface area contributed by atoms with Crippen LogP contribution in [-0.2, 0) is 4.74 Å². The van der Waals surface area contributed by atoms with Crippen LogP contribution in [0.5, 0.6) is 0 Å². The smallest absolute Gasteiger partial charge is 0.232 e. The van der Waals surface area contributed by atoms with Crippen LogP contribution < -0.4 is 15.5 Å². The first-order chi connectivity index (χ1) is 10.1. The molecule has 3 heterocycles. The van der Waals surface area contributed by atoms with Crippen molar-refractivity contribution in [1.82, 2.24) is 15.0 Å². The number of hydrogen-bond donors (Lipinski definition) is 1. The van der Waals surface area contributed by atoms with Crippen molar-refractivity contribution in [3.63, 3.8) is 0 Å². The van der Waals surface area contributed by atoms with Crippen LogP contribution in [0.15, 0.2) is 0 Å². The summed E-state index contributed by atoms with van der Waals surface area (Å²) in [4.78, 5) is 17.6. The molecule has 0 aromatic carbocycles. The number of ether oxygens (including phenoxy) is 1. The van der Waals surface area contributed by atoms with Gasteiger partial charge in [0.05, 0.1) is 13.2 Å². The van der Waals surface area contributed by atoms with Gasteiger partial charge < -0.3 is 20.3 Å². The molecule has 3 rings (SSSR count). The average Bonchev–Trinajstić information content (AvgIpc) is 2.46. The van der Waals surface area contributed by atoms with E-state index in [2.05, 4.69) is 38.6 Å². The van der Waals surface area contributed by atoms with Crippen molar-refractivity contribution in [1.29, 1.82) is 0 Å². The molecule has 2 atom stereocenters. The van der Waals surface area contributed by atoms with Crippen LogP contribution in [0.1, 0.15) is 13.8 Å². The molecule has 2 aliphatic rings. The molecule has 0 bridgehead atoms. The number of rotatable bonds is 2. The van der Waals surface area contributed by atoms with E-state index in [9.17, 15) is 0 Å². The van der Waals surface area contributed by atoms with E-state index < -0.39 is 0 Å². The second-order valence-electron chi connectivity index (χ2n) is 5.56. The molecule has 2 aliphatic heterocycles. The molecule has 2 saturated heterocycles. The van der Waals surface area contributed by atoms with Crippen molar-refractivity contribution < 1.29 is 4.74 Å². The summed E-state index contributed by atoms with van der Waals surface area (Å²) in [5, 5.41) is 1.14. The topological polar surface area (TPSA) is 80.4 Å². The van der Waals surface area contributed by atoms with Gasteiger partial charge in [0.2, 0.25) is 17.8 Å². The number of thioether (sulfide) groups is 1. The number of nitrogens with zero attached hydrogens (tertiary/aromatic N) is 5. The molecule has 0 aliphatic carbocycles. The van der Waals surface area contributed by atoms with E-state index in [1.165, 1.54) is 0 Å². The van der Waals surface area contributed by atoms with E-state index in [-0.39, 0.29) is 0 Å². The van der Waals surface area contributed by atoms with Gasteiger partial charge in [-0.1, -0.05) is 13.8 Å². The maximum absolute atomic E-state index is 5.89. The van der Waals surface area contributed by atoms with Gasteiger partial charge >= 0.3 is 0 Å². The zero-order valence-corrected chi connectivity index (χ0v) is 13.3. The van der Waals surface area contributed by atoms with Gasteiger partial charge in [-0.05, 0) is 0 Å². The van der Waals surface area contributed by atoms with Crippen molar-refractivity contribution in [3.8, 4) is 0 Å². The molecule has 2 unspecified atom stereocenters. The predicted molar refractivity (Wildman–Crippen MR) is 86.0 cm³/mol. The van der Waals surface area contributed by atoms with Crippen molar-refractivity contribution in [2.24, 2.45) is 0 Å². The Hall–Kier alpha value is -1.28. The van der Waals surface area contributed by atoms with Crippen LogP contribution in [0.2, 0.25) is 0 Å². The highest BCUT2D eigenvalue weighted by molar-refractivity contribution is 8.00. The summed E-state index contributed by atoms with van der Waals surface area (Å²) in [6.45, 7) is 9.37. The lowest BCUT2D eigenvalue weighted by Crippen LogP contribution is -2.42. The Morgan fingerprint density at radius 2 is 1.57 bits per heavy atom. The summed E-state index contributed by atoms with van der Waals surface area (Å²) in [7, 11) is 0. The Balaban J connectivity index is 1.83. The SMILES string of the molecule is CC1CN(c2nc(N)nc(N3CCOCC3)n2)CC(C)S1. The van der Waals surface area contributed by atoms with E-state index in [0.29, 0.717) is 41.6 Å². The Morgan fingerprint density at radius 3 is 2.19 bits per heavy atom. The molecule has 0 spiro atoms. The summed E-state index contributed by atoms with van der Waals surface area (Å²) in [5.74, 6) is 1.65. The Labute approximate surface area is 129 Å². The van der Waals surface area contributed by atoms with Gasteiger partial charge in [-0.3, -0.25) is 0 Å². The Bertz CT molecular complexity index is 486. The zero-order valence-electron chi connectivity index (χ0n) is 12.5. The van der Waals surface area contributed by atoms with Crippen molar-refractivity contribution in [2.45, 2.75) is 24.3 Å². The summed E-state index contributed by atoms with van der Waals surface area (Å²) in [6, 6.07) is 0. The van der Waals surface area contributed by atoms with Crippen molar-refractivity contribution in [3.05, 3.63) is 0 Å². The first-order valence-corrected chi connectivity index (χ1v) is 8.31. The first kappa shape index (κ1) is 14.6. The molecule has 2 N–H and O–H groups in total. The van der Waals surface area contributed by atoms with Gasteiger partial charge in [-0.2, -0.15) is 26.7 Å². The molecule has 0 saturated carbocycles. The maximum Gasteiger partial charge on any atom is 0.232 e. The second-order valence-corrected chi connectivity index (χ2v) is 7.44. The first-order valence-electron chi connectivity index (χ1n) is 7.36. The lowest BCUT2D eigenvalue weighted by atomic mass is 10.3. The fourth-order valence-electron chi connectivity index (χ4n) is 2.76. The molecule has 21 heavy (non-hydrogen) atoms. The minimum absolute atomic E-state index is 0.292. The minimum Gasteiger partial charge on any atom is -0.378 e. The number of anilines is 3. The van der Waals surface area contributed by atoms with Gasteiger partial charge in [0.25, 0.3) is 0 Å². The highest BCUT2D eigenvalue weighted by Crippen LogP contribution is 2.27. The normalized spacial score (nSPS) is 27.0. The summed E-state index contributed by atoms with van der Waals surface area (Å²) >= 11 is 2.01. The fourth-order valence-corrected chi connectivity index (χ4v) is 4.08. The van der Waals surface area contributed by atoms with Gasteiger partial charge in [-0.25, -0.2) is 0 Å². The molecule has 1 aromatic heterocycles. The summed E-state index contributed by atoms with van der Waals surface area (Å²) < 4.78 is 5.37. The van der Waals surface area contributed by atoms with Crippen LogP contribution in [0.3, 0.4) is 0 Å². The third-order valence-corrected chi connectivity index (χ3v) is 4.85. The Morgan fingerprint density at radius 1 is 1.00 bits per heavy atom. The van der Waals surface area contributed by atoms with E-state index in [1.807, 2.05) is 11.8 Å². The summed E-state index contributed by atoms with van der Waals surface area (Å²) in [5.41, 5.74) is 5.89. The average molecular weight is 310 g/mol. The zero-order chi connectivity index (χ0) is 14.8. The van der Waals surface area contributed by atoms with E-state index >= 15 is 0 Å². The van der Waals surface area contributed by atoms with Crippen LogP contribution in [0.4, 0.5) is 17.8 Å². The second kappa shape index (κ2) is 6.23. The highest BCUT2D eigenvalue weighted by Gasteiger charge is 2.25. The highest BCUT2D eigenvalue weighted by atomic mass is 32.2. The van der Waals surface area contributed by atoms with E-state index in [0.717, 1.165) is 26.2 Å². The minimum atomic E-state index is 0.292. The molecule has 0 amide bonds. The lowest BCUT2D eigenvalue weighted by molar-refractivity contribution is 0.122. The molecular formula is C13H22N6OS. The number of nitrogens with two attached hydrogens (primary N) is 1. The third-order valence-electron chi connectivity index (χ3n) is 3.63. The van der Waals surface area contributed by atoms with Crippen LogP contribution in [-0.4, -0.2) is 64.8 Å². The lowest BCUT2D eigenvalue weighted by Gasteiger charge is -2.35. The van der Waals surface area contributed by atoms with Crippen LogP contribution in [0.25, 0.3) is 0 Å². The molecule has 116 valence electrons. The fraction of sp³-hybridized carbons (Fsp3) is 0.769. The largest absolute Gasteiger partial charge is 0.378 e. The van der Waals surface area contributed by atoms with E-state index in [1.54, 1.807) is 0 Å². The molecule has 0 radical (unpaired) electrons. The van der Waals surface area contributed by atoms with Crippen molar-refractivity contribution >= 4 is 29.6 Å². The quantitative estimate of drug-likeness (QED) is 0.851. The predicted octanol–water partition coefficient (Wildman–Crippen LogP) is 0.621. The third kappa shape index (κ3) is 3.49. The van der Waals surface area contributed by atoms with Gasteiger partial charge in [-0.15, -0.1) is 0 Å². The summed E-state index contributed by atoms with van der Waals surface area (Å²) in [6.07, 6.45) is 0. The van der Waals surface area contributed by atoms with E-state index in [4.69, 9.17) is 10.5 Å². The Kier molecular flexibility index (Phi) is 4.34. The monoisotopic (exact) mass is 310 g/mol. The standard InChI is InChI=1S/C13H22N6OS/c1-9-7-19(8-10(2)21-9)13-16-11(14)15-12(17-13)18-3-5-20-6-4-18/h9-10H,3-8H2,1-2H3,(H2,14,15,16,17). The number of nitrogen functional groups attached to an aromatic ring is 1. The maximum atomic E-state index is 5.89. The van der Waals surface area contributed by atoms with Crippen molar-refractivity contribution in [2.75, 3.05) is 54.9 Å². The van der Waals surface area contributed by atoms with Gasteiger partial charge in [0.15, 0.2) is 0 Å². The molecule has 8 heteroatoms. The van der Waals surface area contributed by atoms with Gasteiger partial charge in [0, 0.05) is 36.7 Å². The molecule has 7 nitrogen and oxygen atoms in total. The molecule has 1 aromatic rings. The van der Waals surface area contributed by atoms with Gasteiger partial charge in [0.1, 0.15) is 0 Å². The molecule has 2 fully saturated rings. The number of hydrogen-bond acceptors (Lipinski definition) is 8.